The molecule has 0 spiro atoms. The molecule has 7 nitrogen and oxygen atoms in total. The molecular formula is C19H12Cl2N4O3S. The van der Waals surface area contributed by atoms with Crippen molar-refractivity contribution in [2.45, 2.75) is 4.90 Å². The second-order valence-electron chi connectivity index (χ2n) is 6.00. The molecule has 146 valence electrons. The molecule has 10 heteroatoms. The highest BCUT2D eigenvalue weighted by Crippen LogP contribution is 2.24. The van der Waals surface area contributed by atoms with E-state index < -0.39 is 15.6 Å². The van der Waals surface area contributed by atoms with E-state index in [1.807, 2.05) is 12.1 Å². The fraction of sp³-hybridized carbons (Fsp3) is 0. The number of sulfonamides is 1. The van der Waals surface area contributed by atoms with Crippen LogP contribution in [0, 0.1) is 0 Å². The van der Waals surface area contributed by atoms with Crippen LogP contribution in [0.5, 0.6) is 0 Å². The van der Waals surface area contributed by atoms with Gasteiger partial charge in [-0.3, -0.25) is 14.5 Å². The molecule has 4 rings (SSSR count). The number of hydrogen-bond acceptors (Lipinski definition) is 5. The molecule has 0 aliphatic rings. The van der Waals surface area contributed by atoms with Gasteiger partial charge < -0.3 is 0 Å². The third kappa shape index (κ3) is 3.69. The minimum atomic E-state index is -3.87. The number of nitrogens with zero attached hydrogens (tertiary/aromatic N) is 3. The largest absolute Gasteiger partial charge is 0.291 e. The van der Waals surface area contributed by atoms with Gasteiger partial charge in [-0.1, -0.05) is 41.4 Å². The Kier molecular flexibility index (Phi) is 4.99. The maximum absolute atomic E-state index is 12.8. The van der Waals surface area contributed by atoms with Gasteiger partial charge >= 0.3 is 0 Å². The lowest BCUT2D eigenvalue weighted by Crippen LogP contribution is -2.21. The smallest absolute Gasteiger partial charge is 0.277 e. The number of anilines is 1. The SMILES string of the molecule is O=c1c(Cl)c(Cl)cnn1-c1ccc(S(=O)(=O)Nc2cccc3cccnc23)cc1. The minimum Gasteiger partial charge on any atom is -0.277 e. The summed E-state index contributed by atoms with van der Waals surface area (Å²) in [5.41, 5.74) is 0.658. The summed E-state index contributed by atoms with van der Waals surface area (Å²) in [4.78, 5) is 16.4. The van der Waals surface area contributed by atoms with Gasteiger partial charge in [0, 0.05) is 11.6 Å². The van der Waals surface area contributed by atoms with Gasteiger partial charge in [0.25, 0.3) is 15.6 Å². The van der Waals surface area contributed by atoms with Gasteiger partial charge in [-0.25, -0.2) is 8.42 Å². The Hall–Kier alpha value is -2.94. The highest BCUT2D eigenvalue weighted by molar-refractivity contribution is 7.92. The maximum atomic E-state index is 12.8. The number of halogens is 2. The molecule has 0 fully saturated rings. The summed E-state index contributed by atoms with van der Waals surface area (Å²) in [6, 6.07) is 14.5. The van der Waals surface area contributed by atoms with Gasteiger partial charge in [0.15, 0.2) is 0 Å². The van der Waals surface area contributed by atoms with E-state index in [9.17, 15) is 13.2 Å². The van der Waals surface area contributed by atoms with E-state index in [4.69, 9.17) is 23.2 Å². The van der Waals surface area contributed by atoms with Crippen molar-refractivity contribution in [3.8, 4) is 5.69 Å². The molecule has 1 N–H and O–H groups in total. The monoisotopic (exact) mass is 446 g/mol. The summed E-state index contributed by atoms with van der Waals surface area (Å²) in [5.74, 6) is 0. The standard InChI is InChI=1S/C19H12Cl2N4O3S/c20-15-11-23-25(19(26)17(15)21)13-6-8-14(9-7-13)29(27,28)24-16-5-1-3-12-4-2-10-22-18(12)16/h1-11,24H. The van der Waals surface area contributed by atoms with Crippen molar-refractivity contribution in [3.05, 3.63) is 87.4 Å². The van der Waals surface area contributed by atoms with Crippen molar-refractivity contribution < 1.29 is 8.42 Å². The number of hydrogen-bond donors (Lipinski definition) is 1. The Morgan fingerprint density at radius 3 is 2.45 bits per heavy atom. The molecule has 2 aromatic heterocycles. The molecule has 4 aromatic rings. The predicted molar refractivity (Wildman–Crippen MR) is 112 cm³/mol. The van der Waals surface area contributed by atoms with Crippen molar-refractivity contribution in [1.82, 2.24) is 14.8 Å². The average molecular weight is 447 g/mol. The zero-order valence-corrected chi connectivity index (χ0v) is 16.9. The third-order valence-electron chi connectivity index (χ3n) is 4.14. The molecule has 0 aliphatic carbocycles. The summed E-state index contributed by atoms with van der Waals surface area (Å²) < 4.78 is 29.2. The molecular weight excluding hydrogens is 435 g/mol. The van der Waals surface area contributed by atoms with Gasteiger partial charge in [-0.2, -0.15) is 9.78 Å². The molecule has 0 unspecified atom stereocenters. The van der Waals surface area contributed by atoms with Gasteiger partial charge in [0.2, 0.25) is 0 Å². The van der Waals surface area contributed by atoms with E-state index in [2.05, 4.69) is 14.8 Å². The van der Waals surface area contributed by atoms with Crippen LogP contribution in [0.15, 0.2) is 76.7 Å². The first-order chi connectivity index (χ1) is 13.9. The average Bonchev–Trinajstić information content (AvgIpc) is 2.72. The number of nitrogens with one attached hydrogen (secondary N) is 1. The Labute approximate surface area is 175 Å². The van der Waals surface area contributed by atoms with E-state index in [0.29, 0.717) is 16.9 Å². The topological polar surface area (TPSA) is 94.0 Å². The molecule has 0 saturated carbocycles. The van der Waals surface area contributed by atoms with Crippen LogP contribution in [0.1, 0.15) is 0 Å². The first-order valence-corrected chi connectivity index (χ1v) is 10.5. The highest BCUT2D eigenvalue weighted by Gasteiger charge is 2.17. The zero-order chi connectivity index (χ0) is 20.6. The van der Waals surface area contributed by atoms with Crippen LogP contribution in [0.25, 0.3) is 16.6 Å². The Bertz CT molecular complexity index is 1380. The van der Waals surface area contributed by atoms with Crippen molar-refractivity contribution in [2.24, 2.45) is 0 Å². The number of para-hydroxylation sites is 1. The van der Waals surface area contributed by atoms with E-state index >= 15 is 0 Å². The number of fused-ring (bicyclic) bond motifs is 1. The molecule has 0 radical (unpaired) electrons. The summed E-state index contributed by atoms with van der Waals surface area (Å²) in [6.07, 6.45) is 2.84. The van der Waals surface area contributed by atoms with Gasteiger partial charge in [-0.05, 0) is 36.4 Å². The Balaban J connectivity index is 1.68. The van der Waals surface area contributed by atoms with Crippen LogP contribution in [-0.4, -0.2) is 23.2 Å². The van der Waals surface area contributed by atoms with Crippen LogP contribution in [0.2, 0.25) is 10.0 Å². The quantitative estimate of drug-likeness (QED) is 0.513. The second-order valence-corrected chi connectivity index (χ2v) is 8.47. The Morgan fingerprint density at radius 2 is 1.69 bits per heavy atom. The molecule has 0 saturated heterocycles. The van der Waals surface area contributed by atoms with Crippen molar-refractivity contribution in [3.63, 3.8) is 0 Å². The second kappa shape index (κ2) is 7.47. The summed E-state index contributed by atoms with van der Waals surface area (Å²) >= 11 is 11.6. The van der Waals surface area contributed by atoms with Crippen LogP contribution in [0.3, 0.4) is 0 Å². The third-order valence-corrected chi connectivity index (χ3v) is 6.27. The zero-order valence-electron chi connectivity index (χ0n) is 14.6. The molecule has 0 amide bonds. The number of benzene rings is 2. The summed E-state index contributed by atoms with van der Waals surface area (Å²) in [7, 11) is -3.87. The maximum Gasteiger partial charge on any atom is 0.291 e. The predicted octanol–water partition coefficient (Wildman–Crippen LogP) is 3.89. The first kappa shape index (κ1) is 19.4. The van der Waals surface area contributed by atoms with E-state index in [-0.39, 0.29) is 14.9 Å². The van der Waals surface area contributed by atoms with Crippen molar-refractivity contribution in [2.75, 3.05) is 4.72 Å². The Morgan fingerprint density at radius 1 is 0.966 bits per heavy atom. The summed E-state index contributed by atoms with van der Waals surface area (Å²) in [5, 5.41) is 4.61. The molecule has 0 aliphatic heterocycles. The molecule has 29 heavy (non-hydrogen) atoms. The highest BCUT2D eigenvalue weighted by atomic mass is 35.5. The van der Waals surface area contributed by atoms with E-state index in [1.54, 1.807) is 24.4 Å². The van der Waals surface area contributed by atoms with E-state index in [1.165, 1.54) is 30.5 Å². The van der Waals surface area contributed by atoms with Crippen LogP contribution < -0.4 is 10.3 Å². The summed E-state index contributed by atoms with van der Waals surface area (Å²) in [6.45, 7) is 0. The van der Waals surface area contributed by atoms with Crippen molar-refractivity contribution in [1.29, 1.82) is 0 Å². The fourth-order valence-electron chi connectivity index (χ4n) is 2.75. The number of aromatic nitrogens is 3. The molecule has 0 atom stereocenters. The van der Waals surface area contributed by atoms with Crippen LogP contribution in [-0.2, 0) is 10.0 Å². The van der Waals surface area contributed by atoms with E-state index in [0.717, 1.165) is 10.1 Å². The van der Waals surface area contributed by atoms with Crippen LogP contribution in [0.4, 0.5) is 5.69 Å². The van der Waals surface area contributed by atoms with Crippen LogP contribution >= 0.6 is 23.2 Å². The van der Waals surface area contributed by atoms with Gasteiger partial charge in [0.1, 0.15) is 5.02 Å². The lowest BCUT2D eigenvalue weighted by Gasteiger charge is -2.11. The lowest BCUT2D eigenvalue weighted by atomic mass is 10.2. The van der Waals surface area contributed by atoms with Gasteiger partial charge in [-0.15, -0.1) is 0 Å². The number of rotatable bonds is 4. The lowest BCUT2D eigenvalue weighted by molar-refractivity contribution is 0.601. The normalized spacial score (nSPS) is 11.5. The van der Waals surface area contributed by atoms with Crippen molar-refractivity contribution >= 4 is 49.8 Å². The first-order valence-electron chi connectivity index (χ1n) is 8.27. The molecule has 2 heterocycles. The van der Waals surface area contributed by atoms with Gasteiger partial charge in [0.05, 0.1) is 33.0 Å². The molecule has 0 bridgehead atoms. The number of pyridine rings is 1. The minimum absolute atomic E-state index is 0.0160. The fourth-order valence-corrected chi connectivity index (χ4v) is 4.07. The molecule has 2 aromatic carbocycles.